The Morgan fingerprint density at radius 2 is 1.92 bits per heavy atom. The van der Waals surface area contributed by atoms with Crippen molar-refractivity contribution in [1.29, 1.82) is 0 Å². The zero-order valence-electron chi connectivity index (χ0n) is 12.4. The lowest BCUT2D eigenvalue weighted by Gasteiger charge is -2.12. The molecule has 0 spiro atoms. The lowest BCUT2D eigenvalue weighted by Crippen LogP contribution is -2.17. The molecular formula is C16H12ClF3O4. The Hall–Kier alpha value is -2.41. The number of hydrogen-bond acceptors (Lipinski definition) is 3. The number of hydrogen-bond donors (Lipinski definition) is 1. The van der Waals surface area contributed by atoms with E-state index in [9.17, 15) is 18.0 Å². The van der Waals surface area contributed by atoms with Crippen LogP contribution < -0.4 is 9.47 Å². The van der Waals surface area contributed by atoms with Crippen molar-refractivity contribution in [3.8, 4) is 11.5 Å². The number of rotatable bonds is 5. The molecule has 8 heteroatoms. The van der Waals surface area contributed by atoms with Crippen molar-refractivity contribution in [3.05, 3.63) is 58.1 Å². The topological polar surface area (TPSA) is 55.8 Å². The van der Waals surface area contributed by atoms with E-state index in [1.54, 1.807) is 13.0 Å². The van der Waals surface area contributed by atoms with Crippen LogP contribution in [0.1, 0.15) is 21.5 Å². The number of alkyl halides is 3. The fourth-order valence-electron chi connectivity index (χ4n) is 2.03. The number of benzene rings is 2. The van der Waals surface area contributed by atoms with Crippen molar-refractivity contribution in [3.63, 3.8) is 0 Å². The highest BCUT2D eigenvalue weighted by atomic mass is 35.5. The molecule has 0 aliphatic heterocycles. The fourth-order valence-corrected chi connectivity index (χ4v) is 2.25. The molecule has 0 fully saturated rings. The quantitative estimate of drug-likeness (QED) is 0.830. The van der Waals surface area contributed by atoms with Gasteiger partial charge < -0.3 is 14.6 Å². The minimum Gasteiger partial charge on any atom is -0.487 e. The molecule has 0 aromatic heterocycles. The Morgan fingerprint density at radius 3 is 2.50 bits per heavy atom. The van der Waals surface area contributed by atoms with Crippen LogP contribution in [0, 0.1) is 6.92 Å². The summed E-state index contributed by atoms with van der Waals surface area (Å²) in [5.74, 6) is -1.36. The number of ether oxygens (including phenoxy) is 2. The van der Waals surface area contributed by atoms with Gasteiger partial charge in [-0.25, -0.2) is 4.79 Å². The van der Waals surface area contributed by atoms with Crippen LogP contribution in [0.25, 0.3) is 0 Å². The van der Waals surface area contributed by atoms with E-state index >= 15 is 0 Å². The first-order valence-electron chi connectivity index (χ1n) is 6.66. The summed E-state index contributed by atoms with van der Waals surface area (Å²) in [7, 11) is 0. The molecule has 0 amide bonds. The number of aromatic carboxylic acids is 1. The van der Waals surface area contributed by atoms with Crippen molar-refractivity contribution < 1.29 is 32.5 Å². The Morgan fingerprint density at radius 1 is 1.21 bits per heavy atom. The molecule has 0 aliphatic rings. The maximum Gasteiger partial charge on any atom is 0.573 e. The van der Waals surface area contributed by atoms with Gasteiger partial charge in [0.2, 0.25) is 0 Å². The zero-order valence-corrected chi connectivity index (χ0v) is 13.1. The lowest BCUT2D eigenvalue weighted by atomic mass is 10.1. The third-order valence-corrected chi connectivity index (χ3v) is 3.21. The predicted molar refractivity (Wildman–Crippen MR) is 80.6 cm³/mol. The standard InChI is InChI=1S/C16H12ClF3O4/c1-9-4-10(6-11(5-9)15(21)22)8-23-14-3-2-12(7-13(14)17)24-16(18,19)20/h2-7H,8H2,1H3,(H,21,22). The number of carbonyl (C=O) groups is 1. The number of carboxylic acids is 1. The van der Waals surface area contributed by atoms with Crippen molar-refractivity contribution >= 4 is 17.6 Å². The lowest BCUT2D eigenvalue weighted by molar-refractivity contribution is -0.274. The smallest absolute Gasteiger partial charge is 0.487 e. The first kappa shape index (κ1) is 17.9. The number of aryl methyl sites for hydroxylation is 1. The van der Waals surface area contributed by atoms with E-state index in [0.717, 1.165) is 17.7 Å². The summed E-state index contributed by atoms with van der Waals surface area (Å²) in [5, 5.41) is 8.97. The van der Waals surface area contributed by atoms with Crippen molar-refractivity contribution in [2.45, 2.75) is 19.9 Å². The molecule has 2 aromatic rings. The Bertz CT molecular complexity index is 759. The molecule has 0 heterocycles. The van der Waals surface area contributed by atoms with E-state index in [0.29, 0.717) is 5.56 Å². The largest absolute Gasteiger partial charge is 0.573 e. The highest BCUT2D eigenvalue weighted by Gasteiger charge is 2.31. The minimum atomic E-state index is -4.81. The first-order valence-corrected chi connectivity index (χ1v) is 7.04. The van der Waals surface area contributed by atoms with Crippen LogP contribution in [-0.2, 0) is 6.61 Å². The van der Waals surface area contributed by atoms with Crippen LogP contribution in [0.15, 0.2) is 36.4 Å². The van der Waals surface area contributed by atoms with Gasteiger partial charge in [-0.05, 0) is 42.3 Å². The average Bonchev–Trinajstić information content (AvgIpc) is 2.44. The predicted octanol–water partition coefficient (Wildman–Crippen LogP) is 4.82. The third kappa shape index (κ3) is 5.06. The van der Waals surface area contributed by atoms with Crippen molar-refractivity contribution in [1.82, 2.24) is 0 Å². The Balaban J connectivity index is 2.11. The molecule has 0 aliphatic carbocycles. The number of carboxylic acid groups (broad SMARTS) is 1. The van der Waals surface area contributed by atoms with Crippen LogP contribution in [-0.4, -0.2) is 17.4 Å². The van der Waals surface area contributed by atoms with Gasteiger partial charge in [0.1, 0.15) is 18.1 Å². The second-order valence-electron chi connectivity index (χ2n) is 4.94. The van der Waals surface area contributed by atoms with Gasteiger partial charge in [0.05, 0.1) is 10.6 Å². The molecule has 1 N–H and O–H groups in total. The first-order chi connectivity index (χ1) is 11.1. The van der Waals surface area contributed by atoms with Crippen LogP contribution in [0.4, 0.5) is 13.2 Å². The normalized spacial score (nSPS) is 11.2. The van der Waals surface area contributed by atoms with Crippen molar-refractivity contribution in [2.24, 2.45) is 0 Å². The van der Waals surface area contributed by atoms with Crippen molar-refractivity contribution in [2.75, 3.05) is 0 Å². The summed E-state index contributed by atoms with van der Waals surface area (Å²) in [6, 6.07) is 8.02. The maximum atomic E-state index is 12.1. The van der Waals surface area contributed by atoms with Gasteiger partial charge in [-0.2, -0.15) is 0 Å². The minimum absolute atomic E-state index is 0.0150. The molecule has 0 atom stereocenters. The maximum absolute atomic E-state index is 12.1. The summed E-state index contributed by atoms with van der Waals surface area (Å²) >= 11 is 5.87. The van der Waals surface area contributed by atoms with Gasteiger partial charge in [0, 0.05) is 6.07 Å². The van der Waals surface area contributed by atoms with Gasteiger partial charge in [-0.3, -0.25) is 0 Å². The summed E-state index contributed by atoms with van der Waals surface area (Å²) < 4.78 is 45.6. The summed E-state index contributed by atoms with van der Waals surface area (Å²) in [4.78, 5) is 11.0. The van der Waals surface area contributed by atoms with Crippen LogP contribution in [0.5, 0.6) is 11.5 Å². The average molecular weight is 361 g/mol. The van der Waals surface area contributed by atoms with E-state index in [1.165, 1.54) is 18.2 Å². The molecule has 0 saturated carbocycles. The summed E-state index contributed by atoms with van der Waals surface area (Å²) in [5.41, 5.74) is 1.46. The molecular weight excluding hydrogens is 349 g/mol. The SMILES string of the molecule is Cc1cc(COc2ccc(OC(F)(F)F)cc2Cl)cc(C(=O)O)c1. The molecule has 0 bridgehead atoms. The molecule has 24 heavy (non-hydrogen) atoms. The second kappa shape index (κ2) is 7.00. The van der Waals surface area contributed by atoms with Gasteiger partial charge in [-0.15, -0.1) is 13.2 Å². The highest BCUT2D eigenvalue weighted by molar-refractivity contribution is 6.32. The molecule has 0 saturated heterocycles. The molecule has 4 nitrogen and oxygen atoms in total. The molecule has 128 valence electrons. The van der Waals surface area contributed by atoms with Gasteiger partial charge >= 0.3 is 12.3 Å². The van der Waals surface area contributed by atoms with Crippen LogP contribution in [0.3, 0.4) is 0 Å². The fraction of sp³-hybridized carbons (Fsp3) is 0.188. The second-order valence-corrected chi connectivity index (χ2v) is 5.35. The van der Waals surface area contributed by atoms with E-state index in [2.05, 4.69) is 4.74 Å². The summed E-state index contributed by atoms with van der Waals surface area (Å²) in [6.45, 7) is 1.76. The highest BCUT2D eigenvalue weighted by Crippen LogP contribution is 2.32. The molecule has 0 radical (unpaired) electrons. The number of halogens is 4. The zero-order chi connectivity index (χ0) is 17.9. The van der Waals surface area contributed by atoms with E-state index in [1.807, 2.05) is 0 Å². The van der Waals surface area contributed by atoms with Crippen LogP contribution >= 0.6 is 11.6 Å². The Kier molecular flexibility index (Phi) is 5.23. The van der Waals surface area contributed by atoms with Gasteiger partial charge in [0.15, 0.2) is 0 Å². The molecule has 2 rings (SSSR count). The molecule has 0 unspecified atom stereocenters. The Labute approximate surface area is 140 Å². The molecule has 2 aromatic carbocycles. The van der Waals surface area contributed by atoms with Gasteiger partial charge in [0.25, 0.3) is 0 Å². The van der Waals surface area contributed by atoms with E-state index in [4.69, 9.17) is 21.4 Å². The van der Waals surface area contributed by atoms with Gasteiger partial charge in [-0.1, -0.05) is 17.7 Å². The van der Waals surface area contributed by atoms with E-state index in [-0.39, 0.29) is 22.9 Å². The van der Waals surface area contributed by atoms with Crippen LogP contribution in [0.2, 0.25) is 5.02 Å². The monoisotopic (exact) mass is 360 g/mol. The third-order valence-electron chi connectivity index (χ3n) is 2.92. The summed E-state index contributed by atoms with van der Waals surface area (Å²) in [6.07, 6.45) is -4.81. The van der Waals surface area contributed by atoms with E-state index < -0.39 is 18.1 Å².